The van der Waals surface area contributed by atoms with E-state index in [1.54, 1.807) is 37.7 Å². The maximum atomic E-state index is 13.0. The highest BCUT2D eigenvalue weighted by Crippen LogP contribution is 2.19. The lowest BCUT2D eigenvalue weighted by molar-refractivity contribution is -0.138. The fourth-order valence-corrected chi connectivity index (χ4v) is 4.10. The van der Waals surface area contributed by atoms with Crippen LogP contribution in [-0.2, 0) is 21.9 Å². The van der Waals surface area contributed by atoms with Crippen LogP contribution >= 0.6 is 11.8 Å². The summed E-state index contributed by atoms with van der Waals surface area (Å²) in [6, 6.07) is 13.4. The van der Waals surface area contributed by atoms with Crippen molar-refractivity contribution in [1.29, 1.82) is 0 Å². The average molecular weight is 415 g/mol. The van der Waals surface area contributed by atoms with E-state index in [1.165, 1.54) is 16.7 Å². The normalized spacial score (nSPS) is 11.6. The summed E-state index contributed by atoms with van der Waals surface area (Å²) in [5, 5.41) is 2.64. The lowest BCUT2D eigenvalue weighted by Gasteiger charge is -2.28. The van der Waals surface area contributed by atoms with Crippen LogP contribution < -0.4 is 10.1 Å². The molecule has 0 aliphatic rings. The Kier molecular flexibility index (Phi) is 8.58. The molecule has 0 saturated carbocycles. The smallest absolute Gasteiger partial charge is 0.242 e. The summed E-state index contributed by atoms with van der Waals surface area (Å²) in [7, 11) is 3.20. The minimum absolute atomic E-state index is 0.0571. The molecule has 156 valence electrons. The molecule has 0 bridgehead atoms. The van der Waals surface area contributed by atoms with E-state index in [0.29, 0.717) is 12.3 Å². The van der Waals surface area contributed by atoms with Gasteiger partial charge in [0.05, 0.1) is 12.9 Å². The summed E-state index contributed by atoms with van der Waals surface area (Å²) >= 11 is 1.57. The lowest BCUT2D eigenvalue weighted by Crippen LogP contribution is -2.47. The minimum atomic E-state index is -0.555. The fraction of sp³-hybridized carbons (Fsp3) is 0.391. The average Bonchev–Trinajstić information content (AvgIpc) is 2.70. The highest BCUT2D eigenvalue weighted by molar-refractivity contribution is 7.99. The zero-order valence-electron chi connectivity index (χ0n) is 17.8. The number of aryl methyl sites for hydroxylation is 2. The molecule has 1 atom stereocenters. The van der Waals surface area contributed by atoms with Crippen molar-refractivity contribution in [1.82, 2.24) is 10.2 Å². The molecule has 0 fully saturated rings. The van der Waals surface area contributed by atoms with Gasteiger partial charge in [-0.05, 0) is 44.0 Å². The Morgan fingerprint density at radius 3 is 2.41 bits per heavy atom. The number of ether oxygens (including phenoxy) is 1. The Labute approximate surface area is 177 Å². The zero-order valence-corrected chi connectivity index (χ0v) is 18.6. The van der Waals surface area contributed by atoms with Crippen LogP contribution in [0.3, 0.4) is 0 Å². The van der Waals surface area contributed by atoms with Crippen LogP contribution in [0, 0.1) is 13.8 Å². The molecule has 0 aliphatic carbocycles. The number of carbonyl (C=O) groups is 2. The summed E-state index contributed by atoms with van der Waals surface area (Å²) in [5.74, 6) is 1.57. The highest BCUT2D eigenvalue weighted by Gasteiger charge is 2.25. The van der Waals surface area contributed by atoms with E-state index in [2.05, 4.69) is 37.4 Å². The standard InChI is InChI=1S/C23H30N2O3S/c1-16-9-17(2)11-20(10-16)14-29-15-22(26)25(18(3)23(27)24-4)13-19-7-6-8-21(12-19)28-5/h6-12,18H,13-15H2,1-5H3,(H,24,27). The molecule has 2 rings (SSSR count). The van der Waals surface area contributed by atoms with Gasteiger partial charge in [0.2, 0.25) is 11.8 Å². The van der Waals surface area contributed by atoms with Crippen LogP contribution in [0.1, 0.15) is 29.2 Å². The predicted molar refractivity (Wildman–Crippen MR) is 119 cm³/mol. The highest BCUT2D eigenvalue weighted by atomic mass is 32.2. The van der Waals surface area contributed by atoms with E-state index in [9.17, 15) is 9.59 Å². The van der Waals surface area contributed by atoms with E-state index in [4.69, 9.17) is 4.74 Å². The maximum Gasteiger partial charge on any atom is 0.242 e. The number of hydrogen-bond acceptors (Lipinski definition) is 4. The fourth-order valence-electron chi connectivity index (χ4n) is 3.25. The first-order valence-corrected chi connectivity index (χ1v) is 10.8. The van der Waals surface area contributed by atoms with Crippen LogP contribution in [0.2, 0.25) is 0 Å². The predicted octanol–water partition coefficient (Wildman–Crippen LogP) is 3.71. The Morgan fingerprint density at radius 2 is 1.79 bits per heavy atom. The molecule has 5 nitrogen and oxygen atoms in total. The molecule has 0 radical (unpaired) electrons. The molecule has 0 aromatic heterocycles. The summed E-state index contributed by atoms with van der Waals surface area (Å²) in [6.45, 7) is 6.26. The van der Waals surface area contributed by atoms with Crippen molar-refractivity contribution in [2.24, 2.45) is 0 Å². The van der Waals surface area contributed by atoms with Gasteiger partial charge in [0.15, 0.2) is 0 Å². The van der Waals surface area contributed by atoms with Gasteiger partial charge in [-0.3, -0.25) is 9.59 Å². The van der Waals surface area contributed by atoms with Crippen LogP contribution in [0.25, 0.3) is 0 Å². The number of likely N-dealkylation sites (N-methyl/N-ethyl adjacent to an activating group) is 1. The van der Waals surface area contributed by atoms with Crippen molar-refractivity contribution in [3.05, 3.63) is 64.7 Å². The number of carbonyl (C=O) groups excluding carboxylic acids is 2. The number of nitrogens with zero attached hydrogens (tertiary/aromatic N) is 1. The molecule has 0 aliphatic heterocycles. The molecular weight excluding hydrogens is 384 g/mol. The van der Waals surface area contributed by atoms with Crippen LogP contribution in [0.5, 0.6) is 5.75 Å². The topological polar surface area (TPSA) is 58.6 Å². The van der Waals surface area contributed by atoms with Crippen molar-refractivity contribution in [2.75, 3.05) is 19.9 Å². The van der Waals surface area contributed by atoms with Gasteiger partial charge < -0.3 is 15.0 Å². The molecule has 2 amide bonds. The van der Waals surface area contributed by atoms with E-state index in [0.717, 1.165) is 17.1 Å². The molecule has 0 heterocycles. The second-order valence-electron chi connectivity index (χ2n) is 7.15. The third-order valence-corrected chi connectivity index (χ3v) is 5.67. The number of methoxy groups -OCH3 is 1. The largest absolute Gasteiger partial charge is 0.497 e. The van der Waals surface area contributed by atoms with Gasteiger partial charge in [-0.2, -0.15) is 0 Å². The van der Waals surface area contributed by atoms with Crippen molar-refractivity contribution in [3.8, 4) is 5.75 Å². The van der Waals surface area contributed by atoms with Crippen LogP contribution in [0.15, 0.2) is 42.5 Å². The molecule has 0 saturated heterocycles. The minimum Gasteiger partial charge on any atom is -0.497 e. The third-order valence-electron chi connectivity index (χ3n) is 4.68. The van der Waals surface area contributed by atoms with Crippen molar-refractivity contribution >= 4 is 23.6 Å². The number of rotatable bonds is 9. The molecule has 6 heteroatoms. The zero-order chi connectivity index (χ0) is 21.4. The first kappa shape index (κ1) is 22.8. The maximum absolute atomic E-state index is 13.0. The summed E-state index contributed by atoms with van der Waals surface area (Å²) in [4.78, 5) is 26.8. The summed E-state index contributed by atoms with van der Waals surface area (Å²) in [6.07, 6.45) is 0. The monoisotopic (exact) mass is 414 g/mol. The number of benzene rings is 2. The van der Waals surface area contributed by atoms with Crippen molar-refractivity contribution in [2.45, 2.75) is 39.1 Å². The first-order valence-electron chi connectivity index (χ1n) is 9.63. The van der Waals surface area contributed by atoms with Gasteiger partial charge in [0, 0.05) is 19.3 Å². The van der Waals surface area contributed by atoms with E-state index in [-0.39, 0.29) is 11.8 Å². The van der Waals surface area contributed by atoms with E-state index < -0.39 is 6.04 Å². The van der Waals surface area contributed by atoms with Crippen LogP contribution in [-0.4, -0.2) is 42.7 Å². The quantitative estimate of drug-likeness (QED) is 0.680. The summed E-state index contributed by atoms with van der Waals surface area (Å²) < 4.78 is 5.27. The molecule has 0 spiro atoms. The van der Waals surface area contributed by atoms with Gasteiger partial charge in [-0.25, -0.2) is 0 Å². The molecule has 2 aromatic carbocycles. The number of hydrogen-bond donors (Lipinski definition) is 1. The van der Waals surface area contributed by atoms with Gasteiger partial charge in [0.25, 0.3) is 0 Å². The summed E-state index contributed by atoms with van der Waals surface area (Å²) in [5.41, 5.74) is 4.58. The molecule has 1 N–H and O–H groups in total. The Balaban J connectivity index is 2.08. The lowest BCUT2D eigenvalue weighted by atomic mass is 10.1. The third kappa shape index (κ3) is 6.82. The first-order chi connectivity index (χ1) is 13.8. The molecule has 1 unspecified atom stereocenters. The van der Waals surface area contributed by atoms with Gasteiger partial charge in [-0.15, -0.1) is 11.8 Å². The molecule has 29 heavy (non-hydrogen) atoms. The van der Waals surface area contributed by atoms with Gasteiger partial charge in [-0.1, -0.05) is 41.5 Å². The Hall–Kier alpha value is -2.47. The molecular formula is C23H30N2O3S. The van der Waals surface area contributed by atoms with Crippen molar-refractivity contribution < 1.29 is 14.3 Å². The number of thioether (sulfide) groups is 1. The second-order valence-corrected chi connectivity index (χ2v) is 8.14. The Bertz CT molecular complexity index is 834. The van der Waals surface area contributed by atoms with Gasteiger partial charge >= 0.3 is 0 Å². The number of amides is 2. The van der Waals surface area contributed by atoms with Crippen molar-refractivity contribution in [3.63, 3.8) is 0 Å². The molecule has 2 aromatic rings. The SMILES string of the molecule is CNC(=O)C(C)N(Cc1cccc(OC)c1)C(=O)CSCc1cc(C)cc(C)c1. The van der Waals surface area contributed by atoms with Gasteiger partial charge in [0.1, 0.15) is 11.8 Å². The van der Waals surface area contributed by atoms with E-state index in [1.807, 2.05) is 24.3 Å². The van der Waals surface area contributed by atoms with Crippen LogP contribution in [0.4, 0.5) is 0 Å². The van der Waals surface area contributed by atoms with E-state index >= 15 is 0 Å². The number of nitrogens with one attached hydrogen (secondary N) is 1. The second kappa shape index (κ2) is 10.9. The Morgan fingerprint density at radius 1 is 1.10 bits per heavy atom.